The van der Waals surface area contributed by atoms with Gasteiger partial charge in [-0.25, -0.2) is 4.98 Å². The van der Waals surface area contributed by atoms with Crippen LogP contribution >= 0.6 is 35.6 Å². The average Bonchev–Trinajstić information content (AvgIpc) is 2.95. The van der Waals surface area contributed by atoms with Crippen molar-refractivity contribution in [2.75, 3.05) is 33.4 Å². The first-order valence-electron chi connectivity index (χ1n) is 7.44. The van der Waals surface area contributed by atoms with E-state index < -0.39 is 0 Å². The minimum Gasteiger partial charge on any atom is -0.476 e. The molecule has 1 aliphatic rings. The Balaban J connectivity index is 0.00000264. The van der Waals surface area contributed by atoms with Gasteiger partial charge in [-0.1, -0.05) is 11.6 Å². The zero-order chi connectivity index (χ0) is 15.8. The zero-order valence-corrected chi connectivity index (χ0v) is 16.6. The highest BCUT2D eigenvalue weighted by atomic mass is 127. The number of rotatable bonds is 6. The van der Waals surface area contributed by atoms with Crippen molar-refractivity contribution in [1.82, 2.24) is 15.6 Å². The van der Waals surface area contributed by atoms with Crippen molar-refractivity contribution >= 4 is 41.5 Å². The monoisotopic (exact) mass is 454 g/mol. The van der Waals surface area contributed by atoms with Gasteiger partial charge in [-0.15, -0.1) is 24.0 Å². The van der Waals surface area contributed by atoms with E-state index in [1.165, 1.54) is 0 Å². The van der Waals surface area contributed by atoms with Crippen LogP contribution in [0.2, 0.25) is 5.02 Å². The summed E-state index contributed by atoms with van der Waals surface area (Å²) in [4.78, 5) is 8.25. The molecule has 6 nitrogen and oxygen atoms in total. The van der Waals surface area contributed by atoms with Crippen LogP contribution in [0.25, 0.3) is 0 Å². The Hall–Kier alpha value is -0.800. The van der Waals surface area contributed by atoms with E-state index in [9.17, 15) is 0 Å². The second-order valence-electron chi connectivity index (χ2n) is 5.42. The number of guanidine groups is 1. The van der Waals surface area contributed by atoms with E-state index >= 15 is 0 Å². The molecule has 130 valence electrons. The van der Waals surface area contributed by atoms with Gasteiger partial charge in [-0.2, -0.15) is 0 Å². The third kappa shape index (κ3) is 7.09. The number of nitrogens with zero attached hydrogens (tertiary/aromatic N) is 2. The van der Waals surface area contributed by atoms with E-state index in [0.717, 1.165) is 32.0 Å². The van der Waals surface area contributed by atoms with Gasteiger partial charge in [-0.3, -0.25) is 4.99 Å². The van der Waals surface area contributed by atoms with Crippen molar-refractivity contribution in [2.45, 2.75) is 25.4 Å². The van der Waals surface area contributed by atoms with Gasteiger partial charge >= 0.3 is 0 Å². The van der Waals surface area contributed by atoms with Crippen LogP contribution in [-0.4, -0.2) is 49.9 Å². The Labute approximate surface area is 159 Å². The molecule has 23 heavy (non-hydrogen) atoms. The van der Waals surface area contributed by atoms with Gasteiger partial charge in [0.1, 0.15) is 6.61 Å². The number of pyridine rings is 1. The van der Waals surface area contributed by atoms with Crippen molar-refractivity contribution < 1.29 is 9.47 Å². The summed E-state index contributed by atoms with van der Waals surface area (Å²) >= 11 is 5.77. The van der Waals surface area contributed by atoms with Crippen molar-refractivity contribution in [3.63, 3.8) is 0 Å². The molecule has 1 fully saturated rings. The Morgan fingerprint density at radius 1 is 1.48 bits per heavy atom. The number of ether oxygens (including phenoxy) is 2. The van der Waals surface area contributed by atoms with E-state index in [-0.39, 0.29) is 29.6 Å². The summed E-state index contributed by atoms with van der Waals surface area (Å²) < 4.78 is 11.3. The SMILES string of the molecule is CN=C(NCCOc1ccc(Cl)cn1)NCC1(C)CCCO1.I. The molecule has 1 atom stereocenters. The first-order chi connectivity index (χ1) is 10.6. The number of halogens is 2. The molecule has 1 saturated heterocycles. The molecule has 8 heteroatoms. The second kappa shape index (κ2) is 10.1. The molecule has 1 aromatic heterocycles. The molecule has 1 aliphatic heterocycles. The molecule has 2 rings (SSSR count). The normalized spacial score (nSPS) is 20.7. The molecule has 2 heterocycles. The van der Waals surface area contributed by atoms with Crippen LogP contribution in [0, 0.1) is 0 Å². The van der Waals surface area contributed by atoms with E-state index in [1.807, 2.05) is 0 Å². The van der Waals surface area contributed by atoms with Gasteiger partial charge in [0.25, 0.3) is 0 Å². The van der Waals surface area contributed by atoms with Crippen molar-refractivity contribution in [1.29, 1.82) is 0 Å². The third-order valence-electron chi connectivity index (χ3n) is 3.50. The Morgan fingerprint density at radius 2 is 2.30 bits per heavy atom. The second-order valence-corrected chi connectivity index (χ2v) is 5.85. The van der Waals surface area contributed by atoms with Gasteiger partial charge in [0.15, 0.2) is 5.96 Å². The van der Waals surface area contributed by atoms with Crippen LogP contribution in [0.3, 0.4) is 0 Å². The Morgan fingerprint density at radius 3 is 2.91 bits per heavy atom. The van der Waals surface area contributed by atoms with Crippen molar-refractivity contribution in [2.24, 2.45) is 4.99 Å². The molecule has 0 radical (unpaired) electrons. The lowest BCUT2D eigenvalue weighted by molar-refractivity contribution is 0.0243. The maximum Gasteiger partial charge on any atom is 0.213 e. The fraction of sp³-hybridized carbons (Fsp3) is 0.600. The third-order valence-corrected chi connectivity index (χ3v) is 3.72. The van der Waals surface area contributed by atoms with Crippen LogP contribution < -0.4 is 15.4 Å². The van der Waals surface area contributed by atoms with Gasteiger partial charge in [0.2, 0.25) is 5.88 Å². The lowest BCUT2D eigenvalue weighted by atomic mass is 10.0. The summed E-state index contributed by atoms with van der Waals surface area (Å²) in [5.41, 5.74) is -0.0959. The standard InChI is InChI=1S/C15H23ClN4O2.HI/c1-15(6-3-8-22-15)11-20-14(17-2)18-7-9-21-13-5-4-12(16)10-19-13;/h4-5,10H,3,6-9,11H2,1-2H3,(H2,17,18,20);1H. The van der Waals surface area contributed by atoms with Crippen LogP contribution in [0.1, 0.15) is 19.8 Å². The molecule has 0 spiro atoms. The smallest absolute Gasteiger partial charge is 0.213 e. The Bertz CT molecular complexity index is 493. The minimum absolute atomic E-state index is 0. The van der Waals surface area contributed by atoms with E-state index in [1.54, 1.807) is 25.4 Å². The summed E-state index contributed by atoms with van der Waals surface area (Å²) in [6.07, 6.45) is 3.75. The average molecular weight is 455 g/mol. The molecular weight excluding hydrogens is 431 g/mol. The van der Waals surface area contributed by atoms with E-state index in [4.69, 9.17) is 21.1 Å². The molecule has 1 aromatic rings. The minimum atomic E-state index is -0.0959. The van der Waals surface area contributed by atoms with Crippen LogP contribution in [-0.2, 0) is 4.74 Å². The topological polar surface area (TPSA) is 67.8 Å². The number of nitrogens with one attached hydrogen (secondary N) is 2. The van der Waals surface area contributed by atoms with E-state index in [0.29, 0.717) is 24.1 Å². The maximum atomic E-state index is 5.77. The quantitative estimate of drug-likeness (QED) is 0.299. The summed E-state index contributed by atoms with van der Waals surface area (Å²) in [6, 6.07) is 3.49. The summed E-state index contributed by atoms with van der Waals surface area (Å²) in [5.74, 6) is 1.30. The predicted molar refractivity (Wildman–Crippen MR) is 103 cm³/mol. The highest BCUT2D eigenvalue weighted by Gasteiger charge is 2.29. The van der Waals surface area contributed by atoms with Gasteiger partial charge in [0.05, 0.1) is 17.2 Å². The van der Waals surface area contributed by atoms with E-state index in [2.05, 4.69) is 27.5 Å². The number of aromatic nitrogens is 1. The van der Waals surface area contributed by atoms with Gasteiger partial charge in [-0.05, 0) is 25.8 Å². The molecule has 0 aliphatic carbocycles. The molecule has 0 amide bonds. The molecule has 1 unspecified atom stereocenters. The summed E-state index contributed by atoms with van der Waals surface area (Å²) in [6.45, 7) is 4.82. The van der Waals surface area contributed by atoms with Crippen LogP contribution in [0.4, 0.5) is 0 Å². The molecule has 0 aromatic carbocycles. The predicted octanol–water partition coefficient (Wildman–Crippen LogP) is 2.47. The fourth-order valence-electron chi connectivity index (χ4n) is 2.24. The molecular formula is C15H24ClIN4O2. The molecule has 2 N–H and O–H groups in total. The summed E-state index contributed by atoms with van der Waals surface area (Å²) in [7, 11) is 1.74. The summed E-state index contributed by atoms with van der Waals surface area (Å²) in [5, 5.41) is 7.08. The highest BCUT2D eigenvalue weighted by molar-refractivity contribution is 14.0. The Kier molecular flexibility index (Phi) is 8.93. The number of aliphatic imine (C=N–C) groups is 1. The lowest BCUT2D eigenvalue weighted by Crippen LogP contribution is -2.46. The van der Waals surface area contributed by atoms with Crippen LogP contribution in [0.15, 0.2) is 23.3 Å². The lowest BCUT2D eigenvalue weighted by Gasteiger charge is -2.24. The van der Waals surface area contributed by atoms with Crippen molar-refractivity contribution in [3.8, 4) is 5.88 Å². The fourth-order valence-corrected chi connectivity index (χ4v) is 2.35. The van der Waals surface area contributed by atoms with Gasteiger partial charge < -0.3 is 20.1 Å². The maximum absolute atomic E-state index is 5.77. The highest BCUT2D eigenvalue weighted by Crippen LogP contribution is 2.23. The zero-order valence-electron chi connectivity index (χ0n) is 13.5. The first-order valence-corrected chi connectivity index (χ1v) is 7.82. The largest absolute Gasteiger partial charge is 0.476 e. The molecule has 0 saturated carbocycles. The molecule has 0 bridgehead atoms. The number of hydrogen-bond acceptors (Lipinski definition) is 4. The van der Waals surface area contributed by atoms with Crippen LogP contribution in [0.5, 0.6) is 5.88 Å². The van der Waals surface area contributed by atoms with Gasteiger partial charge in [0, 0.05) is 32.5 Å². The van der Waals surface area contributed by atoms with Crippen molar-refractivity contribution in [3.05, 3.63) is 23.4 Å². The number of hydrogen-bond donors (Lipinski definition) is 2. The first kappa shape index (κ1) is 20.2.